The normalized spacial score (nSPS) is 12.6. The van der Waals surface area contributed by atoms with Gasteiger partial charge in [0.25, 0.3) is 5.91 Å². The number of halogens is 1. The number of amides is 2. The minimum absolute atomic E-state index is 0.154. The fraction of sp³-hybridized carbons (Fsp3) is 0.167. The topological polar surface area (TPSA) is 89.6 Å². The fourth-order valence-electron chi connectivity index (χ4n) is 2.58. The van der Waals surface area contributed by atoms with E-state index in [-0.39, 0.29) is 18.4 Å². The van der Waals surface area contributed by atoms with E-state index in [0.29, 0.717) is 39.9 Å². The number of carbonyl (C=O) groups is 2. The second-order valence-corrected chi connectivity index (χ2v) is 7.58. The van der Waals surface area contributed by atoms with Crippen LogP contribution in [0.3, 0.4) is 0 Å². The lowest BCUT2D eigenvalue weighted by atomic mass is 10.2. The van der Waals surface area contributed by atoms with Crippen LogP contribution in [0.2, 0.25) is 0 Å². The van der Waals surface area contributed by atoms with Crippen LogP contribution in [0.5, 0.6) is 11.5 Å². The van der Waals surface area contributed by atoms with Gasteiger partial charge in [0.2, 0.25) is 5.91 Å². The summed E-state index contributed by atoms with van der Waals surface area (Å²) in [6.45, 7) is 0.862. The van der Waals surface area contributed by atoms with Crippen LogP contribution in [0.25, 0.3) is 10.2 Å². The number of aromatic nitrogens is 1. The Bertz CT molecular complexity index is 994. The van der Waals surface area contributed by atoms with Crippen LogP contribution in [0, 0.1) is 0 Å². The summed E-state index contributed by atoms with van der Waals surface area (Å²) in [4.78, 5) is 28.7. The van der Waals surface area contributed by atoms with Gasteiger partial charge in [0, 0.05) is 16.6 Å². The minimum atomic E-state index is -0.355. The van der Waals surface area contributed by atoms with Gasteiger partial charge in [-0.15, -0.1) is 0 Å². The Morgan fingerprint density at radius 1 is 1.15 bits per heavy atom. The third-order valence-corrected chi connectivity index (χ3v) is 5.45. The molecular weight excluding hydrogens is 434 g/mol. The molecule has 0 spiro atoms. The summed E-state index contributed by atoms with van der Waals surface area (Å²) in [5, 5.41) is 5.75. The summed E-state index contributed by atoms with van der Waals surface area (Å²) in [5.41, 5.74) is 1.19. The first-order valence-electron chi connectivity index (χ1n) is 8.13. The molecule has 2 amide bonds. The number of carbonyl (C=O) groups excluding carboxylic acids is 2. The molecule has 2 heterocycles. The third-order valence-electron chi connectivity index (χ3n) is 3.83. The van der Waals surface area contributed by atoms with E-state index in [1.807, 2.05) is 12.1 Å². The standard InChI is InChI=1S/C18H14BrN3O4S/c19-11-4-2-1-3-10(11)17(24)20-9-16(23)22-18-21-12-7-13-14(8-15(12)27-18)26-6-5-25-13/h1-4,7-8H,5-6,9H2,(H,20,24)(H,21,22,23). The van der Waals surface area contributed by atoms with Gasteiger partial charge in [-0.25, -0.2) is 4.98 Å². The lowest BCUT2D eigenvalue weighted by molar-refractivity contribution is -0.115. The van der Waals surface area contributed by atoms with Crippen LogP contribution in [-0.4, -0.2) is 36.6 Å². The zero-order valence-electron chi connectivity index (χ0n) is 14.0. The molecule has 27 heavy (non-hydrogen) atoms. The van der Waals surface area contributed by atoms with E-state index in [9.17, 15) is 9.59 Å². The zero-order valence-corrected chi connectivity index (χ0v) is 16.4. The molecule has 0 unspecified atom stereocenters. The van der Waals surface area contributed by atoms with Gasteiger partial charge in [-0.05, 0) is 28.1 Å². The second-order valence-electron chi connectivity index (χ2n) is 5.69. The van der Waals surface area contributed by atoms with E-state index in [1.165, 1.54) is 11.3 Å². The number of ether oxygens (including phenoxy) is 2. The van der Waals surface area contributed by atoms with E-state index >= 15 is 0 Å². The molecule has 7 nitrogen and oxygen atoms in total. The Labute approximate surface area is 166 Å². The minimum Gasteiger partial charge on any atom is -0.486 e. The van der Waals surface area contributed by atoms with Crippen LogP contribution in [-0.2, 0) is 4.79 Å². The lowest BCUT2D eigenvalue weighted by Crippen LogP contribution is -2.33. The molecule has 9 heteroatoms. The Morgan fingerprint density at radius 3 is 2.67 bits per heavy atom. The molecule has 2 N–H and O–H groups in total. The van der Waals surface area contributed by atoms with Crippen molar-refractivity contribution in [1.82, 2.24) is 10.3 Å². The molecule has 138 valence electrons. The van der Waals surface area contributed by atoms with Gasteiger partial charge in [-0.1, -0.05) is 23.5 Å². The predicted molar refractivity (Wildman–Crippen MR) is 106 cm³/mol. The van der Waals surface area contributed by atoms with Gasteiger partial charge in [-0.3, -0.25) is 9.59 Å². The summed E-state index contributed by atoms with van der Waals surface area (Å²) in [6, 6.07) is 10.7. The molecular formula is C18H14BrN3O4S. The van der Waals surface area contributed by atoms with Gasteiger partial charge in [-0.2, -0.15) is 0 Å². The van der Waals surface area contributed by atoms with Crippen LogP contribution in [0.4, 0.5) is 5.13 Å². The summed E-state index contributed by atoms with van der Waals surface area (Å²) in [6.07, 6.45) is 0. The number of hydrogen-bond acceptors (Lipinski definition) is 6. The van der Waals surface area contributed by atoms with Crippen LogP contribution in [0.1, 0.15) is 10.4 Å². The van der Waals surface area contributed by atoms with Crippen LogP contribution < -0.4 is 20.1 Å². The van der Waals surface area contributed by atoms with Crippen molar-refractivity contribution in [2.45, 2.75) is 0 Å². The molecule has 4 rings (SSSR count). The molecule has 0 fully saturated rings. The van der Waals surface area contributed by atoms with E-state index < -0.39 is 0 Å². The molecule has 0 aliphatic carbocycles. The van der Waals surface area contributed by atoms with Gasteiger partial charge in [0.15, 0.2) is 16.6 Å². The molecule has 1 aliphatic heterocycles. The van der Waals surface area contributed by atoms with Crippen molar-refractivity contribution in [3.8, 4) is 11.5 Å². The lowest BCUT2D eigenvalue weighted by Gasteiger charge is -2.17. The highest BCUT2D eigenvalue weighted by molar-refractivity contribution is 9.10. The molecule has 3 aromatic rings. The SMILES string of the molecule is O=C(CNC(=O)c1ccccc1Br)Nc1nc2cc3c(cc2s1)OCCO3. The van der Waals surface area contributed by atoms with E-state index in [2.05, 4.69) is 31.5 Å². The number of rotatable bonds is 4. The van der Waals surface area contributed by atoms with Crippen molar-refractivity contribution < 1.29 is 19.1 Å². The molecule has 0 saturated heterocycles. The summed E-state index contributed by atoms with van der Waals surface area (Å²) in [5.74, 6) is 0.643. The Kier molecular flexibility index (Phi) is 4.95. The van der Waals surface area contributed by atoms with E-state index in [0.717, 1.165) is 10.2 Å². The fourth-order valence-corrected chi connectivity index (χ4v) is 3.94. The number of nitrogens with zero attached hydrogens (tertiary/aromatic N) is 1. The van der Waals surface area contributed by atoms with Crippen molar-refractivity contribution in [2.75, 3.05) is 25.1 Å². The smallest absolute Gasteiger partial charge is 0.252 e. The molecule has 1 aliphatic rings. The average Bonchev–Trinajstić information content (AvgIpc) is 3.05. The maximum Gasteiger partial charge on any atom is 0.252 e. The number of anilines is 1. The molecule has 2 aromatic carbocycles. The first kappa shape index (κ1) is 17.7. The average molecular weight is 448 g/mol. The number of thiazole rings is 1. The zero-order chi connectivity index (χ0) is 18.8. The van der Waals surface area contributed by atoms with E-state index in [1.54, 1.807) is 24.3 Å². The Hall–Kier alpha value is -2.65. The van der Waals surface area contributed by atoms with Gasteiger partial charge >= 0.3 is 0 Å². The number of benzene rings is 2. The number of nitrogens with one attached hydrogen (secondary N) is 2. The summed E-state index contributed by atoms with van der Waals surface area (Å²) in [7, 11) is 0. The highest BCUT2D eigenvalue weighted by atomic mass is 79.9. The van der Waals surface area contributed by atoms with Gasteiger partial charge in [0.1, 0.15) is 13.2 Å². The predicted octanol–water partition coefficient (Wildman–Crippen LogP) is 3.20. The quantitative estimate of drug-likeness (QED) is 0.640. The molecule has 0 bridgehead atoms. The molecule has 1 aromatic heterocycles. The second kappa shape index (κ2) is 7.53. The van der Waals surface area contributed by atoms with Crippen LogP contribution in [0.15, 0.2) is 40.9 Å². The molecule has 0 saturated carbocycles. The highest BCUT2D eigenvalue weighted by Crippen LogP contribution is 2.37. The maximum atomic E-state index is 12.1. The van der Waals surface area contributed by atoms with Crippen molar-refractivity contribution in [3.63, 3.8) is 0 Å². The van der Waals surface area contributed by atoms with E-state index in [4.69, 9.17) is 9.47 Å². The summed E-state index contributed by atoms with van der Waals surface area (Å²) < 4.78 is 12.6. The van der Waals surface area contributed by atoms with Gasteiger partial charge in [0.05, 0.1) is 22.3 Å². The monoisotopic (exact) mass is 447 g/mol. The first-order chi connectivity index (χ1) is 13.1. The molecule has 0 radical (unpaired) electrons. The largest absolute Gasteiger partial charge is 0.486 e. The van der Waals surface area contributed by atoms with Gasteiger partial charge < -0.3 is 20.1 Å². The highest BCUT2D eigenvalue weighted by Gasteiger charge is 2.16. The Balaban J connectivity index is 1.41. The number of hydrogen-bond donors (Lipinski definition) is 2. The Morgan fingerprint density at radius 2 is 1.89 bits per heavy atom. The molecule has 0 atom stereocenters. The maximum absolute atomic E-state index is 12.1. The first-order valence-corrected chi connectivity index (χ1v) is 9.74. The van der Waals surface area contributed by atoms with Crippen molar-refractivity contribution in [3.05, 3.63) is 46.4 Å². The van der Waals surface area contributed by atoms with Crippen molar-refractivity contribution in [1.29, 1.82) is 0 Å². The summed E-state index contributed by atoms with van der Waals surface area (Å²) >= 11 is 4.65. The third kappa shape index (κ3) is 3.88. The van der Waals surface area contributed by atoms with Crippen molar-refractivity contribution in [2.24, 2.45) is 0 Å². The number of fused-ring (bicyclic) bond motifs is 2. The van der Waals surface area contributed by atoms with Crippen molar-refractivity contribution >= 4 is 54.4 Å². The van der Waals surface area contributed by atoms with Crippen LogP contribution >= 0.6 is 27.3 Å².